The van der Waals surface area contributed by atoms with E-state index in [0.717, 1.165) is 6.54 Å². The van der Waals surface area contributed by atoms with E-state index in [4.69, 9.17) is 0 Å². The minimum absolute atomic E-state index is 0.426. The molecule has 3 atom stereocenters. The van der Waals surface area contributed by atoms with Gasteiger partial charge in [-0.05, 0) is 38.6 Å². The topological polar surface area (TPSA) is 29.1 Å². The van der Waals surface area contributed by atoms with Crippen LogP contribution < -0.4 is 5.32 Å². The molecule has 1 N–H and O–H groups in total. The van der Waals surface area contributed by atoms with Gasteiger partial charge in [-0.1, -0.05) is 45.4 Å². The van der Waals surface area contributed by atoms with Crippen molar-refractivity contribution in [3.8, 4) is 0 Å². The summed E-state index contributed by atoms with van der Waals surface area (Å²) in [7, 11) is -0.597. The second-order valence-electron chi connectivity index (χ2n) is 6.33. The quantitative estimate of drug-likeness (QED) is 0.833. The first-order valence-electron chi connectivity index (χ1n) is 8.45. The molecule has 0 aromatic heterocycles. The summed E-state index contributed by atoms with van der Waals surface area (Å²) in [4.78, 5) is 0. The van der Waals surface area contributed by atoms with Gasteiger partial charge < -0.3 is 5.32 Å². The van der Waals surface area contributed by atoms with Gasteiger partial charge >= 0.3 is 0 Å². The van der Waals surface area contributed by atoms with Gasteiger partial charge in [0.05, 0.1) is 5.25 Å². The summed E-state index contributed by atoms with van der Waals surface area (Å²) < 4.78 is 12.9. The maximum atomic E-state index is 12.9. The molecule has 2 nitrogen and oxygen atoms in total. The highest BCUT2D eigenvalue weighted by atomic mass is 32.2. The fourth-order valence-electron chi connectivity index (χ4n) is 3.66. The Morgan fingerprint density at radius 1 is 0.947 bits per heavy atom. The Kier molecular flexibility index (Phi) is 6.86. The lowest BCUT2D eigenvalue weighted by Gasteiger charge is -2.31. The smallest absolute Gasteiger partial charge is 0.0504 e. The molecule has 3 unspecified atom stereocenters. The van der Waals surface area contributed by atoms with Crippen molar-refractivity contribution in [3.63, 3.8) is 0 Å². The molecule has 0 bridgehead atoms. The van der Waals surface area contributed by atoms with Crippen molar-refractivity contribution in [1.82, 2.24) is 5.32 Å². The molecule has 0 aliphatic heterocycles. The van der Waals surface area contributed by atoms with Crippen LogP contribution in [0.1, 0.15) is 77.6 Å². The van der Waals surface area contributed by atoms with Crippen LogP contribution in [-0.2, 0) is 10.8 Å². The van der Waals surface area contributed by atoms with E-state index in [1.54, 1.807) is 0 Å². The highest BCUT2D eigenvalue weighted by Crippen LogP contribution is 2.30. The van der Waals surface area contributed by atoms with Crippen molar-refractivity contribution < 1.29 is 4.21 Å². The van der Waals surface area contributed by atoms with Gasteiger partial charge in [0.2, 0.25) is 0 Å². The Morgan fingerprint density at radius 3 is 2.26 bits per heavy atom. The van der Waals surface area contributed by atoms with E-state index in [2.05, 4.69) is 12.2 Å². The summed E-state index contributed by atoms with van der Waals surface area (Å²) in [5.41, 5.74) is 0. The largest absolute Gasteiger partial charge is 0.313 e. The highest BCUT2D eigenvalue weighted by Gasteiger charge is 2.33. The third-order valence-corrected chi connectivity index (χ3v) is 7.08. The predicted molar refractivity (Wildman–Crippen MR) is 84.0 cm³/mol. The van der Waals surface area contributed by atoms with Gasteiger partial charge in [0, 0.05) is 22.1 Å². The zero-order valence-corrected chi connectivity index (χ0v) is 13.4. The third kappa shape index (κ3) is 4.56. The van der Waals surface area contributed by atoms with Crippen molar-refractivity contribution in [2.24, 2.45) is 0 Å². The van der Waals surface area contributed by atoms with Gasteiger partial charge in [-0.15, -0.1) is 0 Å². The lowest BCUT2D eigenvalue weighted by Crippen LogP contribution is -2.45. The Hall–Kier alpha value is 0.110. The van der Waals surface area contributed by atoms with Crippen molar-refractivity contribution in [2.45, 2.75) is 94.1 Å². The van der Waals surface area contributed by atoms with Crippen molar-refractivity contribution >= 4 is 10.8 Å². The molecular weight excluding hydrogens is 254 g/mol. The Balaban J connectivity index is 1.98. The van der Waals surface area contributed by atoms with Crippen LogP contribution in [0.3, 0.4) is 0 Å². The molecule has 0 spiro atoms. The second-order valence-corrected chi connectivity index (χ2v) is 8.25. The normalized spacial score (nSPS) is 31.8. The Labute approximate surface area is 121 Å². The number of rotatable bonds is 5. The standard InChI is InChI=1S/C16H31NOS/c1-2-13-17-15-11-5-3-4-6-12-16(15)19(18)14-9-7-8-10-14/h14-17H,2-13H2,1H3. The van der Waals surface area contributed by atoms with Crippen LogP contribution in [0.5, 0.6) is 0 Å². The first-order valence-corrected chi connectivity index (χ1v) is 9.73. The van der Waals surface area contributed by atoms with Crippen LogP contribution in [0.4, 0.5) is 0 Å². The van der Waals surface area contributed by atoms with Crippen LogP contribution in [0.15, 0.2) is 0 Å². The van der Waals surface area contributed by atoms with E-state index in [-0.39, 0.29) is 0 Å². The van der Waals surface area contributed by atoms with Crippen LogP contribution >= 0.6 is 0 Å². The van der Waals surface area contributed by atoms with E-state index in [9.17, 15) is 4.21 Å². The molecular formula is C16H31NOS. The summed E-state index contributed by atoms with van der Waals surface area (Å²) >= 11 is 0. The molecule has 0 amide bonds. The van der Waals surface area contributed by atoms with Crippen LogP contribution in [-0.4, -0.2) is 27.3 Å². The highest BCUT2D eigenvalue weighted by molar-refractivity contribution is 7.86. The first kappa shape index (κ1) is 15.5. The average molecular weight is 285 g/mol. The minimum Gasteiger partial charge on any atom is -0.313 e. The van der Waals surface area contributed by atoms with E-state index in [1.165, 1.54) is 70.6 Å². The lowest BCUT2D eigenvalue weighted by atomic mass is 9.96. The maximum absolute atomic E-state index is 12.9. The summed E-state index contributed by atoms with van der Waals surface area (Å²) in [5.74, 6) is 0. The van der Waals surface area contributed by atoms with Gasteiger partial charge in [0.25, 0.3) is 0 Å². The second kappa shape index (κ2) is 8.41. The third-order valence-electron chi connectivity index (χ3n) is 4.79. The molecule has 0 aromatic carbocycles. The molecule has 3 heteroatoms. The number of hydrogen-bond donors (Lipinski definition) is 1. The Bertz CT molecular complexity index is 274. The van der Waals surface area contributed by atoms with E-state index < -0.39 is 10.8 Å². The SMILES string of the molecule is CCCNC1CCCCCCC1S(=O)C1CCCC1. The van der Waals surface area contributed by atoms with Gasteiger partial charge in [-0.3, -0.25) is 4.21 Å². The molecule has 0 saturated heterocycles. The van der Waals surface area contributed by atoms with E-state index in [0.29, 0.717) is 16.5 Å². The minimum atomic E-state index is -0.597. The van der Waals surface area contributed by atoms with Gasteiger partial charge in [-0.25, -0.2) is 0 Å². The van der Waals surface area contributed by atoms with Crippen LogP contribution in [0.25, 0.3) is 0 Å². The molecule has 2 aliphatic carbocycles. The molecule has 0 radical (unpaired) electrons. The van der Waals surface area contributed by atoms with Crippen molar-refractivity contribution in [1.29, 1.82) is 0 Å². The molecule has 112 valence electrons. The van der Waals surface area contributed by atoms with E-state index >= 15 is 0 Å². The molecule has 2 fully saturated rings. The average Bonchev–Trinajstić information content (AvgIpc) is 2.91. The molecule has 0 heterocycles. The molecule has 2 aliphatic rings. The van der Waals surface area contributed by atoms with Crippen molar-refractivity contribution in [3.05, 3.63) is 0 Å². The summed E-state index contributed by atoms with van der Waals surface area (Å²) in [6.07, 6.45) is 14.0. The Morgan fingerprint density at radius 2 is 1.58 bits per heavy atom. The van der Waals surface area contributed by atoms with Crippen LogP contribution in [0.2, 0.25) is 0 Å². The summed E-state index contributed by atoms with van der Waals surface area (Å²) in [6.45, 7) is 3.31. The number of nitrogens with one attached hydrogen (secondary N) is 1. The summed E-state index contributed by atoms with van der Waals surface area (Å²) in [5, 5.41) is 4.64. The van der Waals surface area contributed by atoms with Gasteiger partial charge in [-0.2, -0.15) is 0 Å². The molecule has 2 saturated carbocycles. The zero-order chi connectivity index (χ0) is 13.5. The van der Waals surface area contributed by atoms with Gasteiger partial charge in [0.15, 0.2) is 0 Å². The fourth-order valence-corrected chi connectivity index (χ4v) is 5.91. The van der Waals surface area contributed by atoms with Crippen LogP contribution in [0, 0.1) is 0 Å². The number of hydrogen-bond acceptors (Lipinski definition) is 2. The molecule has 2 rings (SSSR count). The molecule has 19 heavy (non-hydrogen) atoms. The zero-order valence-electron chi connectivity index (χ0n) is 12.5. The molecule has 0 aromatic rings. The van der Waals surface area contributed by atoms with Crippen molar-refractivity contribution in [2.75, 3.05) is 6.54 Å². The monoisotopic (exact) mass is 285 g/mol. The fraction of sp³-hybridized carbons (Fsp3) is 1.00. The lowest BCUT2D eigenvalue weighted by molar-refractivity contribution is 0.393. The maximum Gasteiger partial charge on any atom is 0.0504 e. The summed E-state index contributed by atoms with van der Waals surface area (Å²) in [6, 6.07) is 0.515. The predicted octanol–water partition coefficient (Wildman–Crippen LogP) is 3.77. The van der Waals surface area contributed by atoms with Gasteiger partial charge in [0.1, 0.15) is 0 Å². The van der Waals surface area contributed by atoms with E-state index in [1.807, 2.05) is 0 Å². The first-order chi connectivity index (χ1) is 9.33.